The van der Waals surface area contributed by atoms with Crippen molar-refractivity contribution in [2.45, 2.75) is 40.2 Å². The van der Waals surface area contributed by atoms with Gasteiger partial charge >= 0.3 is 0 Å². The van der Waals surface area contributed by atoms with Crippen LogP contribution in [0.25, 0.3) is 0 Å². The van der Waals surface area contributed by atoms with Crippen LogP contribution in [0.5, 0.6) is 0 Å². The summed E-state index contributed by atoms with van der Waals surface area (Å²) in [6, 6.07) is 0. The number of nitrogens with one attached hydrogen (secondary N) is 1. The van der Waals surface area contributed by atoms with Crippen LogP contribution in [0.3, 0.4) is 0 Å². The molecule has 94 valence electrons. The van der Waals surface area contributed by atoms with E-state index in [-0.39, 0.29) is 18.2 Å². The number of amides is 1. The monoisotopic (exact) mass is 238 g/mol. The molecular formula is C11H18N4O2. The minimum absolute atomic E-state index is 0.107. The number of rotatable bonds is 6. The fraction of sp³-hybridized carbons (Fsp3) is 0.636. The van der Waals surface area contributed by atoms with Crippen molar-refractivity contribution in [3.05, 3.63) is 11.4 Å². The molecule has 0 aliphatic rings. The Morgan fingerprint density at radius 2 is 2.12 bits per heavy atom. The van der Waals surface area contributed by atoms with Gasteiger partial charge in [0, 0.05) is 13.5 Å². The zero-order valence-corrected chi connectivity index (χ0v) is 10.5. The third-order valence-corrected chi connectivity index (χ3v) is 2.46. The van der Waals surface area contributed by atoms with Gasteiger partial charge in [0.05, 0.1) is 5.69 Å². The molecule has 1 rings (SSSR count). The fourth-order valence-electron chi connectivity index (χ4n) is 1.43. The Morgan fingerprint density at radius 1 is 1.41 bits per heavy atom. The quantitative estimate of drug-likeness (QED) is 0.584. The molecule has 0 atom stereocenters. The molecule has 1 N–H and O–H groups in total. The first-order chi connectivity index (χ1) is 8.06. The van der Waals surface area contributed by atoms with E-state index >= 15 is 0 Å². The van der Waals surface area contributed by atoms with Gasteiger partial charge in [-0.25, -0.2) is 4.68 Å². The number of unbranched alkanes of at least 4 members (excludes halogenated alkanes) is 1. The molecule has 0 saturated carbocycles. The van der Waals surface area contributed by atoms with Crippen LogP contribution in [0.15, 0.2) is 0 Å². The van der Waals surface area contributed by atoms with Crippen molar-refractivity contribution in [3.8, 4) is 0 Å². The highest BCUT2D eigenvalue weighted by molar-refractivity contribution is 5.93. The highest BCUT2D eigenvalue weighted by Gasteiger charge is 2.14. The van der Waals surface area contributed by atoms with Gasteiger partial charge < -0.3 is 5.32 Å². The average molecular weight is 238 g/mol. The van der Waals surface area contributed by atoms with Crippen LogP contribution in [-0.4, -0.2) is 33.2 Å². The lowest BCUT2D eigenvalue weighted by Crippen LogP contribution is -2.29. The normalized spacial score (nSPS) is 10.3. The van der Waals surface area contributed by atoms with Gasteiger partial charge in [0.15, 0.2) is 11.5 Å². The van der Waals surface area contributed by atoms with E-state index in [1.54, 1.807) is 6.92 Å². The highest BCUT2D eigenvalue weighted by Crippen LogP contribution is 2.03. The van der Waals surface area contributed by atoms with Crippen molar-refractivity contribution >= 4 is 11.7 Å². The van der Waals surface area contributed by atoms with Crippen LogP contribution in [0.4, 0.5) is 0 Å². The lowest BCUT2D eigenvalue weighted by atomic mass is 10.2. The second-order valence-electron chi connectivity index (χ2n) is 3.94. The summed E-state index contributed by atoms with van der Waals surface area (Å²) in [7, 11) is 0. The molecule has 1 amide bonds. The lowest BCUT2D eigenvalue weighted by Gasteiger charge is -2.05. The van der Waals surface area contributed by atoms with Gasteiger partial charge in [-0.2, -0.15) is 0 Å². The molecule has 0 aromatic carbocycles. The number of ketones is 1. The molecule has 0 saturated heterocycles. The van der Waals surface area contributed by atoms with Crippen LogP contribution in [-0.2, 0) is 11.3 Å². The van der Waals surface area contributed by atoms with E-state index in [1.807, 2.05) is 0 Å². The summed E-state index contributed by atoms with van der Waals surface area (Å²) in [5, 5.41) is 10.3. The van der Waals surface area contributed by atoms with Crippen LogP contribution in [0.2, 0.25) is 0 Å². The van der Waals surface area contributed by atoms with Gasteiger partial charge in [-0.15, -0.1) is 5.10 Å². The van der Waals surface area contributed by atoms with Gasteiger partial charge in [-0.05, 0) is 13.3 Å². The third kappa shape index (κ3) is 3.65. The molecule has 0 aliphatic heterocycles. The molecular weight excluding hydrogens is 220 g/mol. The first kappa shape index (κ1) is 13.3. The fourth-order valence-corrected chi connectivity index (χ4v) is 1.43. The summed E-state index contributed by atoms with van der Waals surface area (Å²) >= 11 is 0. The van der Waals surface area contributed by atoms with E-state index in [0.717, 1.165) is 12.8 Å². The SMILES string of the molecule is CCCCNC(=O)Cn1nnc(C(C)=O)c1C. The molecule has 0 aliphatic carbocycles. The molecule has 0 spiro atoms. The number of hydrogen-bond donors (Lipinski definition) is 1. The maximum absolute atomic E-state index is 11.5. The van der Waals surface area contributed by atoms with Crippen molar-refractivity contribution in [2.75, 3.05) is 6.54 Å². The number of nitrogens with zero attached hydrogens (tertiary/aromatic N) is 3. The molecule has 0 bridgehead atoms. The van der Waals surface area contributed by atoms with Crippen LogP contribution >= 0.6 is 0 Å². The summed E-state index contributed by atoms with van der Waals surface area (Å²) in [6.45, 7) is 6.00. The number of Topliss-reactive ketones (excluding diaryl/α,β-unsaturated/α-hetero) is 1. The summed E-state index contributed by atoms with van der Waals surface area (Å²) in [4.78, 5) is 22.7. The predicted molar refractivity (Wildman–Crippen MR) is 62.7 cm³/mol. The van der Waals surface area contributed by atoms with E-state index in [4.69, 9.17) is 0 Å². The molecule has 1 aromatic heterocycles. The van der Waals surface area contributed by atoms with Gasteiger partial charge in [0.1, 0.15) is 6.54 Å². The van der Waals surface area contributed by atoms with Crippen molar-refractivity contribution in [3.63, 3.8) is 0 Å². The molecule has 1 aromatic rings. The number of carbonyl (C=O) groups is 2. The smallest absolute Gasteiger partial charge is 0.241 e. The molecule has 0 radical (unpaired) electrons. The largest absolute Gasteiger partial charge is 0.354 e. The first-order valence-electron chi connectivity index (χ1n) is 5.74. The van der Waals surface area contributed by atoms with E-state index < -0.39 is 0 Å². The summed E-state index contributed by atoms with van der Waals surface area (Å²) < 4.78 is 1.44. The summed E-state index contributed by atoms with van der Waals surface area (Å²) in [5.41, 5.74) is 0.953. The van der Waals surface area contributed by atoms with Gasteiger partial charge in [0.25, 0.3) is 0 Å². The molecule has 6 nitrogen and oxygen atoms in total. The maximum Gasteiger partial charge on any atom is 0.241 e. The van der Waals surface area contributed by atoms with Gasteiger partial charge in [0.2, 0.25) is 5.91 Å². The summed E-state index contributed by atoms with van der Waals surface area (Å²) in [6.07, 6.45) is 2.00. The Bertz CT molecular complexity index is 412. The second kappa shape index (κ2) is 6.12. The van der Waals surface area contributed by atoms with Gasteiger partial charge in [-0.1, -0.05) is 18.6 Å². The Balaban J connectivity index is 2.57. The number of carbonyl (C=O) groups excluding carboxylic acids is 2. The zero-order chi connectivity index (χ0) is 12.8. The Labute approximate surface area is 100 Å². The van der Waals surface area contributed by atoms with E-state index in [1.165, 1.54) is 11.6 Å². The third-order valence-electron chi connectivity index (χ3n) is 2.46. The Morgan fingerprint density at radius 3 is 2.65 bits per heavy atom. The molecule has 6 heteroatoms. The zero-order valence-electron chi connectivity index (χ0n) is 10.5. The Kier molecular flexibility index (Phi) is 4.81. The standard InChI is InChI=1S/C11H18N4O2/c1-4-5-6-12-10(17)7-15-8(2)11(9(3)16)13-14-15/h4-7H2,1-3H3,(H,12,17). The molecule has 1 heterocycles. The topological polar surface area (TPSA) is 76.9 Å². The van der Waals surface area contributed by atoms with Crippen LogP contribution in [0, 0.1) is 6.92 Å². The maximum atomic E-state index is 11.5. The number of hydrogen-bond acceptors (Lipinski definition) is 4. The van der Waals surface area contributed by atoms with E-state index in [0.29, 0.717) is 17.9 Å². The Hall–Kier alpha value is -1.72. The van der Waals surface area contributed by atoms with Crippen LogP contribution < -0.4 is 5.32 Å². The van der Waals surface area contributed by atoms with Crippen molar-refractivity contribution in [1.29, 1.82) is 0 Å². The van der Waals surface area contributed by atoms with Crippen molar-refractivity contribution in [2.24, 2.45) is 0 Å². The van der Waals surface area contributed by atoms with Crippen LogP contribution in [0.1, 0.15) is 42.9 Å². The second-order valence-corrected chi connectivity index (χ2v) is 3.94. The average Bonchev–Trinajstić information content (AvgIpc) is 2.61. The summed E-state index contributed by atoms with van der Waals surface area (Å²) in [5.74, 6) is -0.248. The highest BCUT2D eigenvalue weighted by atomic mass is 16.2. The molecule has 17 heavy (non-hydrogen) atoms. The van der Waals surface area contributed by atoms with E-state index in [9.17, 15) is 9.59 Å². The van der Waals surface area contributed by atoms with E-state index in [2.05, 4.69) is 22.6 Å². The lowest BCUT2D eigenvalue weighted by molar-refractivity contribution is -0.121. The molecule has 0 fully saturated rings. The molecule has 0 unspecified atom stereocenters. The minimum Gasteiger partial charge on any atom is -0.354 e. The first-order valence-corrected chi connectivity index (χ1v) is 5.74. The number of aromatic nitrogens is 3. The minimum atomic E-state index is -0.139. The van der Waals surface area contributed by atoms with Gasteiger partial charge in [-0.3, -0.25) is 9.59 Å². The van der Waals surface area contributed by atoms with Crippen molar-refractivity contribution in [1.82, 2.24) is 20.3 Å². The predicted octanol–water partition coefficient (Wildman–Crippen LogP) is 0.705. The van der Waals surface area contributed by atoms with Crippen molar-refractivity contribution < 1.29 is 9.59 Å².